The fourth-order valence-corrected chi connectivity index (χ4v) is 0. The van der Waals surface area contributed by atoms with E-state index in [2.05, 4.69) is 0 Å². The molecule has 6 heteroatoms. The molecular weight excluding hydrogens is 187 g/mol. The van der Waals surface area contributed by atoms with E-state index in [1.54, 1.807) is 0 Å². The molecule has 0 aliphatic heterocycles. The molecule has 0 aromatic rings. The molecule has 0 unspecified atom stereocenters. The van der Waals surface area contributed by atoms with Gasteiger partial charge in [0.05, 0.1) is 14.9 Å². The van der Waals surface area contributed by atoms with E-state index in [1.807, 2.05) is 0 Å². The van der Waals surface area contributed by atoms with Gasteiger partial charge in [0, 0.05) is 45.5 Å². The predicted octanol–water partition coefficient (Wildman–Crippen LogP) is -4.50. The van der Waals surface area contributed by atoms with Crippen LogP contribution in [0.4, 0.5) is 0 Å². The molecule has 0 aromatic carbocycles. The van der Waals surface area contributed by atoms with Gasteiger partial charge in [0.2, 0.25) is 0 Å². The Kier molecular flexibility index (Phi) is 6.33. The van der Waals surface area contributed by atoms with Crippen LogP contribution in [0.5, 0.6) is 0 Å². The van der Waals surface area contributed by atoms with E-state index in [9.17, 15) is 0 Å². The third-order valence-electron chi connectivity index (χ3n) is 0. The summed E-state index contributed by atoms with van der Waals surface area (Å²) in [7, 11) is -4.69. The standard InChI is InChI=1S/ClHO4.Sr/c2-1(3,4)5;/h(H,2,3,4,5);. The van der Waals surface area contributed by atoms with Crippen LogP contribution < -0.4 is 14.0 Å². The molecule has 4 nitrogen and oxygen atoms in total. The molecule has 0 aliphatic carbocycles. The number of hydrogen-bond donors (Lipinski definition) is 1. The molecule has 0 rings (SSSR count). The second-order valence-corrected chi connectivity index (χ2v) is 1.19. The molecule has 0 fully saturated rings. The Morgan fingerprint density at radius 1 is 1.17 bits per heavy atom. The van der Waals surface area contributed by atoms with Crippen LogP contribution in [0.3, 0.4) is 0 Å². The van der Waals surface area contributed by atoms with E-state index in [0.717, 1.165) is 0 Å². The van der Waals surface area contributed by atoms with Crippen molar-refractivity contribution in [3.05, 3.63) is 0 Å². The van der Waals surface area contributed by atoms with Gasteiger partial charge >= 0.3 is 0 Å². The Morgan fingerprint density at radius 2 is 1.17 bits per heavy atom. The van der Waals surface area contributed by atoms with Crippen LogP contribution in [0.25, 0.3) is 0 Å². The van der Waals surface area contributed by atoms with E-state index in [4.69, 9.17) is 18.6 Å². The predicted molar refractivity (Wildman–Crippen MR) is 7.97 cm³/mol. The first-order chi connectivity index (χ1) is 2.00. The molecule has 0 aromatic heterocycles. The van der Waals surface area contributed by atoms with Crippen LogP contribution in [0.2, 0.25) is 0 Å². The summed E-state index contributed by atoms with van der Waals surface area (Å²) in [6.45, 7) is 0. The van der Waals surface area contributed by atoms with Gasteiger partial charge in [-0.15, -0.1) is 0 Å². The van der Waals surface area contributed by atoms with Gasteiger partial charge in [0.25, 0.3) is 0 Å². The van der Waals surface area contributed by atoms with Gasteiger partial charge in [0.15, 0.2) is 0 Å². The van der Waals surface area contributed by atoms with E-state index < -0.39 is 10.2 Å². The summed E-state index contributed by atoms with van der Waals surface area (Å²) >= 11 is 0. The van der Waals surface area contributed by atoms with Crippen LogP contribution in [-0.2, 0) is 0 Å². The van der Waals surface area contributed by atoms with Crippen LogP contribution in [0.1, 0.15) is 0 Å². The van der Waals surface area contributed by atoms with Crippen molar-refractivity contribution >= 4 is 45.5 Å². The molecule has 2 radical (unpaired) electrons. The quantitative estimate of drug-likeness (QED) is 0.388. The van der Waals surface area contributed by atoms with E-state index in [1.165, 1.54) is 0 Å². The molecular formula is HClO4Sr. The van der Waals surface area contributed by atoms with E-state index in [0.29, 0.717) is 0 Å². The monoisotopic (exact) mass is 188 g/mol. The molecule has 1 N–H and O–H groups in total. The Morgan fingerprint density at radius 3 is 1.17 bits per heavy atom. The van der Waals surface area contributed by atoms with E-state index >= 15 is 0 Å². The topological polar surface area (TPSA) is 89.4 Å². The largest absolute Gasteiger partial charge is 0.183 e. The minimum Gasteiger partial charge on any atom is -0.183 e. The number of halogens is 1. The maximum atomic E-state index is 8.60. The summed E-state index contributed by atoms with van der Waals surface area (Å²) in [5.41, 5.74) is 0. The third-order valence-corrected chi connectivity index (χ3v) is 0. The Bertz CT molecular complexity index is 23.0. The second kappa shape index (κ2) is 3.59. The Labute approximate surface area is 73.4 Å². The summed E-state index contributed by atoms with van der Waals surface area (Å²) in [4.78, 5) is 0. The summed E-state index contributed by atoms with van der Waals surface area (Å²) in [6.07, 6.45) is 0. The van der Waals surface area contributed by atoms with Crippen LogP contribution >= 0.6 is 0 Å². The molecule has 6 heavy (non-hydrogen) atoms. The Hall–Kier alpha value is 1.61. The van der Waals surface area contributed by atoms with Gasteiger partial charge in [-0.1, -0.05) is 0 Å². The van der Waals surface area contributed by atoms with Crippen molar-refractivity contribution in [2.45, 2.75) is 0 Å². The SMILES string of the molecule is [O-][Cl+3]([O-])([O-])O.[Sr]. The fourth-order valence-electron chi connectivity index (χ4n) is 0. The van der Waals surface area contributed by atoms with Gasteiger partial charge in [0.1, 0.15) is 0 Å². The normalized spacial score (nSPS) is 10.0. The number of hydrogen-bond acceptors (Lipinski definition) is 4. The van der Waals surface area contributed by atoms with Gasteiger partial charge in [-0.3, -0.25) is 0 Å². The molecule has 0 saturated heterocycles. The summed E-state index contributed by atoms with van der Waals surface area (Å²) in [6, 6.07) is 0. The molecule has 0 atom stereocenters. The van der Waals surface area contributed by atoms with Crippen LogP contribution in [0, 0.1) is 10.2 Å². The molecule has 0 amide bonds. The first-order valence-electron chi connectivity index (χ1n) is 0.632. The van der Waals surface area contributed by atoms with Crippen molar-refractivity contribution < 1.29 is 28.9 Å². The van der Waals surface area contributed by atoms with Crippen molar-refractivity contribution in [1.29, 1.82) is 0 Å². The maximum absolute atomic E-state index is 8.60. The van der Waals surface area contributed by atoms with Crippen LogP contribution in [-0.4, -0.2) is 50.1 Å². The van der Waals surface area contributed by atoms with Crippen molar-refractivity contribution in [1.82, 2.24) is 0 Å². The first kappa shape index (κ1) is 10.6. The van der Waals surface area contributed by atoms with Gasteiger partial charge in [-0.05, 0) is 0 Å². The first-order valence-corrected chi connectivity index (χ1v) is 1.90. The number of rotatable bonds is 0. The summed E-state index contributed by atoms with van der Waals surface area (Å²) in [5, 5.41) is 0. The minimum absolute atomic E-state index is 0. The van der Waals surface area contributed by atoms with Crippen LogP contribution in [0.15, 0.2) is 0 Å². The zero-order valence-corrected chi connectivity index (χ0v) is 6.99. The van der Waals surface area contributed by atoms with E-state index in [-0.39, 0.29) is 45.5 Å². The Balaban J connectivity index is 0. The molecule has 0 bridgehead atoms. The zero-order chi connectivity index (χ0) is 4.50. The van der Waals surface area contributed by atoms with Crippen molar-refractivity contribution in [3.8, 4) is 0 Å². The average Bonchev–Trinajstić information content (AvgIpc) is 0.722. The van der Waals surface area contributed by atoms with Crippen molar-refractivity contribution in [2.75, 3.05) is 0 Å². The molecule has 0 heterocycles. The smallest absolute Gasteiger partial charge is 0.0777 e. The molecule has 0 aliphatic rings. The maximum Gasteiger partial charge on any atom is 0.0777 e. The average molecular weight is 188 g/mol. The van der Waals surface area contributed by atoms with Crippen molar-refractivity contribution in [3.63, 3.8) is 0 Å². The fraction of sp³-hybridized carbons (Fsp3) is 0. The van der Waals surface area contributed by atoms with Gasteiger partial charge < -0.3 is 0 Å². The molecule has 0 saturated carbocycles. The minimum atomic E-state index is -4.69. The third kappa shape index (κ3) is 46.0. The summed E-state index contributed by atoms with van der Waals surface area (Å²) < 4.78 is 32.7. The molecule has 0 spiro atoms. The summed E-state index contributed by atoms with van der Waals surface area (Å²) in [5.74, 6) is 0. The van der Waals surface area contributed by atoms with Gasteiger partial charge in [-0.25, -0.2) is 0 Å². The van der Waals surface area contributed by atoms with Crippen molar-refractivity contribution in [2.24, 2.45) is 0 Å². The van der Waals surface area contributed by atoms with Gasteiger partial charge in [-0.2, -0.15) is 14.0 Å². The second-order valence-electron chi connectivity index (χ2n) is 0.396. The zero-order valence-electron chi connectivity index (χ0n) is 2.76. The molecule has 34 valence electrons.